The number of rotatable bonds is 7. The van der Waals surface area contributed by atoms with E-state index in [1.54, 1.807) is 31.5 Å². The molecule has 1 aromatic carbocycles. The van der Waals surface area contributed by atoms with Gasteiger partial charge in [-0.05, 0) is 36.8 Å². The quantitative estimate of drug-likeness (QED) is 0.817. The second-order valence-corrected chi connectivity index (χ2v) is 5.54. The minimum Gasteiger partial charge on any atom is -0.495 e. The molecule has 5 nitrogen and oxygen atoms in total. The zero-order valence-electron chi connectivity index (χ0n) is 13.2. The number of hydrogen-bond donors (Lipinski definition) is 2. The Bertz CT molecular complexity index is 659. The van der Waals surface area contributed by atoms with Crippen LogP contribution in [0.2, 0.25) is 5.02 Å². The first-order chi connectivity index (χ1) is 11.1. The number of aromatic nitrogens is 1. The van der Waals surface area contributed by atoms with E-state index in [1.165, 1.54) is 0 Å². The summed E-state index contributed by atoms with van der Waals surface area (Å²) in [4.78, 5) is 16.1. The van der Waals surface area contributed by atoms with Crippen LogP contribution in [-0.2, 0) is 11.3 Å². The monoisotopic (exact) mass is 333 g/mol. The van der Waals surface area contributed by atoms with E-state index in [0.29, 0.717) is 30.3 Å². The Labute approximate surface area is 141 Å². The van der Waals surface area contributed by atoms with Crippen molar-refractivity contribution in [3.8, 4) is 5.75 Å². The van der Waals surface area contributed by atoms with Gasteiger partial charge >= 0.3 is 0 Å². The van der Waals surface area contributed by atoms with Crippen molar-refractivity contribution in [2.75, 3.05) is 19.0 Å². The molecule has 23 heavy (non-hydrogen) atoms. The lowest BCUT2D eigenvalue weighted by Gasteiger charge is -2.11. The van der Waals surface area contributed by atoms with Gasteiger partial charge in [0.1, 0.15) is 5.75 Å². The first-order valence-corrected chi connectivity index (χ1v) is 7.72. The van der Waals surface area contributed by atoms with E-state index in [4.69, 9.17) is 16.3 Å². The summed E-state index contributed by atoms with van der Waals surface area (Å²) in [5.74, 6) is 0.666. The molecule has 0 spiro atoms. The molecule has 0 aliphatic rings. The molecule has 0 saturated heterocycles. The van der Waals surface area contributed by atoms with Gasteiger partial charge in [0.15, 0.2) is 0 Å². The van der Waals surface area contributed by atoms with E-state index >= 15 is 0 Å². The molecule has 0 saturated carbocycles. The van der Waals surface area contributed by atoms with Crippen LogP contribution in [0.1, 0.15) is 17.7 Å². The highest BCUT2D eigenvalue weighted by Gasteiger charge is 2.05. The van der Waals surface area contributed by atoms with Gasteiger partial charge in [0, 0.05) is 36.4 Å². The van der Waals surface area contributed by atoms with Crippen LogP contribution in [0.3, 0.4) is 0 Å². The number of hydrogen-bond acceptors (Lipinski definition) is 4. The molecule has 0 aliphatic heterocycles. The van der Waals surface area contributed by atoms with E-state index in [2.05, 4.69) is 15.6 Å². The topological polar surface area (TPSA) is 63.2 Å². The van der Waals surface area contributed by atoms with Crippen molar-refractivity contribution in [1.82, 2.24) is 10.3 Å². The lowest BCUT2D eigenvalue weighted by molar-refractivity contribution is -0.121. The lowest BCUT2D eigenvalue weighted by Crippen LogP contribution is -2.25. The Hall–Kier alpha value is -2.27. The fourth-order valence-corrected chi connectivity index (χ4v) is 2.19. The summed E-state index contributed by atoms with van der Waals surface area (Å²) in [7, 11) is 1.59. The van der Waals surface area contributed by atoms with Gasteiger partial charge in [-0.1, -0.05) is 17.7 Å². The number of carbonyl (C=O) groups excluding carboxylic acids is 1. The van der Waals surface area contributed by atoms with Crippen LogP contribution in [0, 0.1) is 6.92 Å². The van der Waals surface area contributed by atoms with Crippen molar-refractivity contribution in [2.24, 2.45) is 0 Å². The minimum atomic E-state index is -0.0286. The SMILES string of the molecule is COc1ccc(Cl)cc1NCCC(=O)NCc1ccc(C)nc1. The number of nitrogens with one attached hydrogen (secondary N) is 2. The zero-order chi connectivity index (χ0) is 16.7. The highest BCUT2D eigenvalue weighted by atomic mass is 35.5. The molecule has 0 atom stereocenters. The Kier molecular flexibility index (Phi) is 6.23. The van der Waals surface area contributed by atoms with Crippen molar-refractivity contribution < 1.29 is 9.53 Å². The average molecular weight is 334 g/mol. The Morgan fingerprint density at radius 3 is 2.83 bits per heavy atom. The number of halogens is 1. The summed E-state index contributed by atoms with van der Waals surface area (Å²) < 4.78 is 5.24. The van der Waals surface area contributed by atoms with Gasteiger partial charge in [0.05, 0.1) is 12.8 Å². The molecule has 0 aliphatic carbocycles. The molecule has 0 unspecified atom stereocenters. The van der Waals surface area contributed by atoms with Gasteiger partial charge in [-0.25, -0.2) is 0 Å². The van der Waals surface area contributed by atoms with Gasteiger partial charge in [0.2, 0.25) is 5.91 Å². The number of pyridine rings is 1. The van der Waals surface area contributed by atoms with Gasteiger partial charge in [0.25, 0.3) is 0 Å². The number of ether oxygens (including phenoxy) is 1. The van der Waals surface area contributed by atoms with E-state index in [0.717, 1.165) is 16.9 Å². The molecule has 0 fully saturated rings. The van der Waals surface area contributed by atoms with E-state index in [1.807, 2.05) is 19.1 Å². The van der Waals surface area contributed by atoms with Crippen LogP contribution in [0.4, 0.5) is 5.69 Å². The van der Waals surface area contributed by atoms with Crippen molar-refractivity contribution in [1.29, 1.82) is 0 Å². The molecule has 122 valence electrons. The number of aryl methyl sites for hydroxylation is 1. The van der Waals surface area contributed by atoms with E-state index < -0.39 is 0 Å². The fourth-order valence-electron chi connectivity index (χ4n) is 2.02. The van der Waals surface area contributed by atoms with Crippen LogP contribution in [0.15, 0.2) is 36.5 Å². The van der Waals surface area contributed by atoms with Gasteiger partial charge in [-0.3, -0.25) is 9.78 Å². The molecule has 1 aromatic heterocycles. The molecule has 6 heteroatoms. The third-order valence-corrected chi connectivity index (χ3v) is 3.53. The third kappa shape index (κ3) is 5.45. The summed E-state index contributed by atoms with van der Waals surface area (Å²) >= 11 is 5.96. The molecular weight excluding hydrogens is 314 g/mol. The number of anilines is 1. The molecule has 2 aromatic rings. The highest BCUT2D eigenvalue weighted by molar-refractivity contribution is 6.30. The largest absolute Gasteiger partial charge is 0.495 e. The van der Waals surface area contributed by atoms with Crippen molar-refractivity contribution in [3.05, 3.63) is 52.8 Å². The first kappa shape index (κ1) is 17.1. The maximum absolute atomic E-state index is 11.9. The van der Waals surface area contributed by atoms with Crippen LogP contribution >= 0.6 is 11.6 Å². The maximum atomic E-state index is 11.9. The minimum absolute atomic E-state index is 0.0286. The summed E-state index contributed by atoms with van der Waals surface area (Å²) in [6.45, 7) is 2.90. The highest BCUT2D eigenvalue weighted by Crippen LogP contribution is 2.27. The normalized spacial score (nSPS) is 10.2. The summed E-state index contributed by atoms with van der Waals surface area (Å²) in [6.07, 6.45) is 2.12. The number of carbonyl (C=O) groups is 1. The predicted molar refractivity (Wildman–Crippen MR) is 91.9 cm³/mol. The molecule has 2 N–H and O–H groups in total. The summed E-state index contributed by atoms with van der Waals surface area (Å²) in [5, 5.41) is 6.64. The van der Waals surface area contributed by atoms with E-state index in [-0.39, 0.29) is 5.91 Å². The Morgan fingerprint density at radius 2 is 2.13 bits per heavy atom. The number of amides is 1. The molecule has 2 rings (SSSR count). The first-order valence-electron chi connectivity index (χ1n) is 7.34. The Balaban J connectivity index is 1.76. The summed E-state index contributed by atoms with van der Waals surface area (Å²) in [5.41, 5.74) is 2.71. The van der Waals surface area contributed by atoms with Crippen molar-refractivity contribution in [3.63, 3.8) is 0 Å². The average Bonchev–Trinajstić information content (AvgIpc) is 2.54. The van der Waals surface area contributed by atoms with Crippen LogP contribution in [0.25, 0.3) is 0 Å². The molecule has 1 amide bonds. The third-order valence-electron chi connectivity index (χ3n) is 3.29. The van der Waals surface area contributed by atoms with Gasteiger partial charge < -0.3 is 15.4 Å². The fraction of sp³-hybridized carbons (Fsp3) is 0.294. The number of methoxy groups -OCH3 is 1. The second-order valence-electron chi connectivity index (χ2n) is 5.11. The Morgan fingerprint density at radius 1 is 1.30 bits per heavy atom. The van der Waals surface area contributed by atoms with Crippen molar-refractivity contribution >= 4 is 23.2 Å². The molecule has 0 bridgehead atoms. The van der Waals surface area contributed by atoms with Crippen LogP contribution in [0.5, 0.6) is 5.75 Å². The number of benzene rings is 1. The molecular formula is C17H20ClN3O2. The van der Waals surface area contributed by atoms with Crippen LogP contribution < -0.4 is 15.4 Å². The van der Waals surface area contributed by atoms with Gasteiger partial charge in [-0.15, -0.1) is 0 Å². The molecule has 1 heterocycles. The van der Waals surface area contributed by atoms with Crippen molar-refractivity contribution in [2.45, 2.75) is 19.9 Å². The smallest absolute Gasteiger partial charge is 0.222 e. The predicted octanol–water partition coefficient (Wildman–Crippen LogP) is 3.17. The number of nitrogens with zero attached hydrogens (tertiary/aromatic N) is 1. The van der Waals surface area contributed by atoms with E-state index in [9.17, 15) is 4.79 Å². The lowest BCUT2D eigenvalue weighted by atomic mass is 10.2. The standard InChI is InChI=1S/C17H20ClN3O2/c1-12-3-4-13(10-20-12)11-21-17(22)7-8-19-15-9-14(18)5-6-16(15)23-2/h3-6,9-10,19H,7-8,11H2,1-2H3,(H,21,22). The second kappa shape index (κ2) is 8.39. The van der Waals surface area contributed by atoms with Crippen LogP contribution in [-0.4, -0.2) is 24.5 Å². The zero-order valence-corrected chi connectivity index (χ0v) is 14.0. The van der Waals surface area contributed by atoms with Gasteiger partial charge in [-0.2, -0.15) is 0 Å². The molecule has 0 radical (unpaired) electrons. The summed E-state index contributed by atoms with van der Waals surface area (Å²) in [6, 6.07) is 9.20. The maximum Gasteiger partial charge on any atom is 0.222 e.